The van der Waals surface area contributed by atoms with Crippen LogP contribution >= 0.6 is 0 Å². The molecule has 0 aromatic rings. The number of hydrogen-bond acceptors (Lipinski definition) is 16. The zero-order valence-corrected chi connectivity index (χ0v) is 28.1. The maximum Gasteiger partial charge on any atom is 0.495 e. The molecule has 0 aliphatic heterocycles. The van der Waals surface area contributed by atoms with Crippen LogP contribution in [0, 0.1) is 0 Å². The van der Waals surface area contributed by atoms with Gasteiger partial charge in [0, 0.05) is 13.2 Å². The fourth-order valence-electron chi connectivity index (χ4n) is 4.40. The number of hydrogen-bond donors (Lipinski definition) is 6. The fraction of sp³-hybridized carbons (Fsp3) is 1.00. The summed E-state index contributed by atoms with van der Waals surface area (Å²) in [6, 6.07) is 0. The lowest BCUT2D eigenvalue weighted by atomic mass is 9.92. The molecule has 22 heteroatoms. The van der Waals surface area contributed by atoms with E-state index >= 15 is 0 Å². The van der Waals surface area contributed by atoms with Gasteiger partial charge in [-0.15, -0.1) is 8.78 Å². The third-order valence-electron chi connectivity index (χ3n) is 6.44. The summed E-state index contributed by atoms with van der Waals surface area (Å²) in [4.78, 5) is 0. The quantitative estimate of drug-likeness (QED) is 0.0285. The summed E-state index contributed by atoms with van der Waals surface area (Å²) in [5.41, 5.74) is 0. The van der Waals surface area contributed by atoms with Crippen molar-refractivity contribution in [3.8, 4) is 0 Å². The Morgan fingerprint density at radius 3 is 1.39 bits per heavy atom. The van der Waals surface area contributed by atoms with Crippen LogP contribution < -0.4 is 0 Å². The predicted molar refractivity (Wildman–Crippen MR) is 158 cm³/mol. The highest BCUT2D eigenvalue weighted by Gasteiger charge is 2.52. The number of rotatable bonds is 33. The third-order valence-corrected chi connectivity index (χ3v) is 6.44. The summed E-state index contributed by atoms with van der Waals surface area (Å²) in [7, 11) is 0. The van der Waals surface area contributed by atoms with Gasteiger partial charge in [0.15, 0.2) is 0 Å². The van der Waals surface area contributed by atoms with Crippen molar-refractivity contribution in [1.82, 2.24) is 0 Å². The first-order chi connectivity index (χ1) is 24.1. The summed E-state index contributed by atoms with van der Waals surface area (Å²) >= 11 is 0. The van der Waals surface area contributed by atoms with Gasteiger partial charge in [-0.1, -0.05) is 0 Å². The van der Waals surface area contributed by atoms with E-state index in [1.54, 1.807) is 0 Å². The van der Waals surface area contributed by atoms with Gasteiger partial charge in [-0.3, -0.25) is 0 Å². The van der Waals surface area contributed by atoms with Crippen LogP contribution in [0.15, 0.2) is 0 Å². The van der Waals surface area contributed by atoms with E-state index in [2.05, 4.69) is 18.9 Å². The highest BCUT2D eigenvalue weighted by atomic mass is 19.3. The number of alkyl halides is 6. The van der Waals surface area contributed by atoms with Gasteiger partial charge < -0.3 is 68.5 Å². The number of aliphatic hydroxyl groups excluding tert-OH is 6. The summed E-state index contributed by atoms with van der Waals surface area (Å²) in [5.74, 6) is 0. The van der Waals surface area contributed by atoms with Crippen molar-refractivity contribution in [2.45, 2.75) is 80.8 Å². The van der Waals surface area contributed by atoms with Gasteiger partial charge in [0.2, 0.25) is 0 Å². The van der Waals surface area contributed by atoms with E-state index in [1.807, 2.05) is 0 Å². The second-order valence-corrected chi connectivity index (χ2v) is 11.3. The molecule has 0 heterocycles. The molecule has 0 saturated heterocycles. The minimum Gasteiger partial charge on any atom is -0.396 e. The average molecular weight is 771 g/mol. The third kappa shape index (κ3) is 25.6. The van der Waals surface area contributed by atoms with Crippen molar-refractivity contribution in [2.75, 3.05) is 106 Å². The van der Waals surface area contributed by atoms with Crippen molar-refractivity contribution in [1.29, 1.82) is 0 Å². The van der Waals surface area contributed by atoms with Crippen LogP contribution in [0.2, 0.25) is 0 Å². The Labute approximate surface area is 291 Å². The zero-order chi connectivity index (χ0) is 38.2. The molecule has 0 aromatic heterocycles. The van der Waals surface area contributed by atoms with Crippen LogP contribution in [-0.4, -0.2) is 191 Å². The minimum absolute atomic E-state index is 0.0987. The van der Waals surface area contributed by atoms with Crippen molar-refractivity contribution in [2.24, 2.45) is 0 Å². The first kappa shape index (κ1) is 48.0. The molecule has 306 valence electrons. The van der Waals surface area contributed by atoms with Gasteiger partial charge in [-0.2, -0.15) is 17.6 Å². The summed E-state index contributed by atoms with van der Waals surface area (Å²) in [6.45, 7) is -6.90. The van der Waals surface area contributed by atoms with Gasteiger partial charge in [0.05, 0.1) is 97.6 Å². The van der Waals surface area contributed by atoms with Crippen LogP contribution in [0.1, 0.15) is 25.7 Å². The molecule has 1 aliphatic carbocycles. The van der Waals surface area contributed by atoms with E-state index < -0.39 is 69.9 Å². The molecule has 5 atom stereocenters. The lowest BCUT2D eigenvalue weighted by molar-refractivity contribution is -0.518. The molecule has 0 aromatic carbocycles. The topological polar surface area (TPSA) is 214 Å². The number of aliphatic hydroxyl groups is 6. The van der Waals surface area contributed by atoms with E-state index in [4.69, 9.17) is 43.7 Å². The predicted octanol–water partition coefficient (Wildman–Crippen LogP) is -0.372. The molecule has 0 bridgehead atoms. The van der Waals surface area contributed by atoms with Gasteiger partial charge in [-0.25, -0.2) is 9.47 Å². The lowest BCUT2D eigenvalue weighted by Gasteiger charge is -2.35. The molecule has 5 unspecified atom stereocenters. The second-order valence-electron chi connectivity index (χ2n) is 11.3. The van der Waals surface area contributed by atoms with E-state index in [0.29, 0.717) is 25.7 Å². The van der Waals surface area contributed by atoms with Gasteiger partial charge in [0.25, 0.3) is 0 Å². The molecular weight excluding hydrogens is 718 g/mol. The van der Waals surface area contributed by atoms with Crippen molar-refractivity contribution >= 4 is 0 Å². The van der Waals surface area contributed by atoms with Crippen LogP contribution in [-0.2, 0) is 47.4 Å². The first-order valence-electron chi connectivity index (χ1n) is 16.2. The summed E-state index contributed by atoms with van der Waals surface area (Å²) in [6.07, 6.45) is -18.0. The molecule has 1 rings (SSSR count). The largest absolute Gasteiger partial charge is 0.495 e. The Balaban J connectivity index is 2.25. The molecule has 16 nitrogen and oxygen atoms in total. The molecule has 1 aliphatic rings. The monoisotopic (exact) mass is 770 g/mol. The van der Waals surface area contributed by atoms with Crippen LogP contribution in [0.4, 0.5) is 26.3 Å². The van der Waals surface area contributed by atoms with Crippen LogP contribution in [0.25, 0.3) is 0 Å². The molecule has 0 radical (unpaired) electrons. The Hall–Kier alpha value is -1.06. The molecule has 6 N–H and O–H groups in total. The Bertz CT molecular complexity index is 839. The smallest absolute Gasteiger partial charge is 0.396 e. The maximum absolute atomic E-state index is 13.8. The molecule has 1 fully saturated rings. The van der Waals surface area contributed by atoms with Crippen molar-refractivity contribution in [3.63, 3.8) is 0 Å². The molecule has 51 heavy (non-hydrogen) atoms. The summed E-state index contributed by atoms with van der Waals surface area (Å²) < 4.78 is 130. The van der Waals surface area contributed by atoms with E-state index in [1.165, 1.54) is 0 Å². The molecule has 0 amide bonds. The lowest BCUT2D eigenvalue weighted by Crippen LogP contribution is -2.44. The van der Waals surface area contributed by atoms with E-state index in [-0.39, 0.29) is 91.0 Å². The number of ether oxygens (including phenoxy) is 10. The Morgan fingerprint density at radius 2 is 0.882 bits per heavy atom. The van der Waals surface area contributed by atoms with Crippen molar-refractivity contribution in [3.05, 3.63) is 0 Å². The molecule has 0 spiro atoms. The van der Waals surface area contributed by atoms with E-state index in [9.17, 15) is 41.7 Å². The minimum atomic E-state index is -5.49. The molecule has 1 saturated carbocycles. The van der Waals surface area contributed by atoms with Gasteiger partial charge >= 0.3 is 18.5 Å². The highest BCUT2D eigenvalue weighted by molar-refractivity contribution is 4.81. The Kier molecular flexibility index (Phi) is 25.1. The normalized spacial score (nSPS) is 20.8. The SMILES string of the molecule is OCCCOCC(O)COCC(O)COCC(F)(F)OC(F)(F)OC(F)(F)COCCOCC(O)COC1CC(OCCO)CC(OCCO)C1. The number of halogens is 6. The zero-order valence-electron chi connectivity index (χ0n) is 28.1. The van der Waals surface area contributed by atoms with Gasteiger partial charge in [0.1, 0.15) is 31.5 Å². The highest BCUT2D eigenvalue weighted by Crippen LogP contribution is 2.33. The standard InChI is InChI=1S/C29H52F6O16/c30-27(31,50-29(34,35)51-28(32,33)20-46-17-22(40)16-45-15-21(39)13-42-5-1-2-36)19-44-9-8-43-14-23(41)18-49-26-11-24(47-6-3-37)10-25(12-26)48-7-4-38/h21-26,36-41H,1-20H2. The maximum atomic E-state index is 13.8. The first-order valence-corrected chi connectivity index (χ1v) is 16.2. The van der Waals surface area contributed by atoms with Crippen LogP contribution in [0.5, 0.6) is 0 Å². The average Bonchev–Trinajstić information content (AvgIpc) is 3.04. The van der Waals surface area contributed by atoms with Crippen LogP contribution in [0.3, 0.4) is 0 Å². The molecular formula is C29H52F6O16. The summed E-state index contributed by atoms with van der Waals surface area (Å²) in [5, 5.41) is 56.0. The van der Waals surface area contributed by atoms with E-state index in [0.717, 1.165) is 0 Å². The second kappa shape index (κ2) is 26.7. The van der Waals surface area contributed by atoms with Gasteiger partial charge in [-0.05, 0) is 25.7 Å². The fourth-order valence-corrected chi connectivity index (χ4v) is 4.40. The van der Waals surface area contributed by atoms with Crippen molar-refractivity contribution < 1.29 is 104 Å². The Morgan fingerprint density at radius 1 is 0.471 bits per heavy atom.